The average molecular weight is 589 g/mol. The molecule has 0 aliphatic rings. The van der Waals surface area contributed by atoms with Crippen molar-refractivity contribution in [1.82, 2.24) is 14.9 Å². The van der Waals surface area contributed by atoms with E-state index < -0.39 is 0 Å². The van der Waals surface area contributed by atoms with Crippen molar-refractivity contribution in [3.8, 4) is 0 Å². The van der Waals surface area contributed by atoms with E-state index in [4.69, 9.17) is 32.7 Å². The molecule has 0 saturated carbocycles. The molecule has 0 saturated heterocycles. The molecule has 4 rings (SSSR count). The molecule has 0 spiro atoms. The van der Waals surface area contributed by atoms with E-state index in [0.29, 0.717) is 36.5 Å². The van der Waals surface area contributed by atoms with Gasteiger partial charge in [0.05, 0.1) is 37.5 Å². The maximum atomic E-state index is 6.06. The standard InChI is InChI=1S/C27H31Cl2N5O2.2C2H6/c1-34(12-16-35-14-10-32-24-6-8-30-26-18-20(28)2-4-22(24)26)13-17-36-15-11-33-25-7-9-31-27-19-21(29)3-5-23(25)27;2*1-2/h2-9,18-19H,10-17H2,1H3,(H,30,32)(H,31,33);2*1-2H3. The minimum atomic E-state index is 0.628. The molecule has 2 heterocycles. The van der Waals surface area contributed by atoms with Crippen molar-refractivity contribution in [1.29, 1.82) is 0 Å². The number of likely N-dealkylation sites (N-methyl/N-ethyl adjacent to an activating group) is 1. The quantitative estimate of drug-likeness (QED) is 0.147. The Hall–Kier alpha value is -2.68. The van der Waals surface area contributed by atoms with Crippen molar-refractivity contribution in [2.45, 2.75) is 27.7 Å². The van der Waals surface area contributed by atoms with Crippen LogP contribution in [0.1, 0.15) is 27.7 Å². The highest BCUT2D eigenvalue weighted by atomic mass is 35.5. The summed E-state index contributed by atoms with van der Waals surface area (Å²) in [4.78, 5) is 10.9. The summed E-state index contributed by atoms with van der Waals surface area (Å²) in [6.45, 7) is 13.8. The Morgan fingerprint density at radius 1 is 0.650 bits per heavy atom. The van der Waals surface area contributed by atoms with E-state index in [0.717, 1.165) is 59.4 Å². The Kier molecular flexibility index (Phi) is 16.3. The van der Waals surface area contributed by atoms with Gasteiger partial charge in [-0.2, -0.15) is 0 Å². The van der Waals surface area contributed by atoms with E-state index in [1.165, 1.54) is 0 Å². The predicted molar refractivity (Wildman–Crippen MR) is 172 cm³/mol. The number of nitrogens with one attached hydrogen (secondary N) is 2. The van der Waals surface area contributed by atoms with E-state index in [1.807, 2.05) is 76.2 Å². The fraction of sp³-hybridized carbons (Fsp3) is 0.419. The Balaban J connectivity index is 0.00000134. The van der Waals surface area contributed by atoms with Crippen molar-refractivity contribution >= 4 is 56.4 Å². The van der Waals surface area contributed by atoms with Crippen molar-refractivity contribution in [2.75, 3.05) is 70.3 Å². The van der Waals surface area contributed by atoms with Crippen LogP contribution in [-0.4, -0.2) is 74.5 Å². The van der Waals surface area contributed by atoms with Gasteiger partial charge in [0.1, 0.15) is 0 Å². The number of hydrogen-bond acceptors (Lipinski definition) is 7. The molecule has 218 valence electrons. The number of ether oxygens (including phenoxy) is 2. The van der Waals surface area contributed by atoms with Gasteiger partial charge in [0.2, 0.25) is 0 Å². The maximum Gasteiger partial charge on any atom is 0.0737 e. The topological polar surface area (TPSA) is 71.5 Å². The van der Waals surface area contributed by atoms with E-state index >= 15 is 0 Å². The van der Waals surface area contributed by atoms with E-state index in [9.17, 15) is 0 Å². The Labute approximate surface area is 249 Å². The molecule has 0 amide bonds. The first kappa shape index (κ1) is 33.5. The molecule has 0 radical (unpaired) electrons. The summed E-state index contributed by atoms with van der Waals surface area (Å²) < 4.78 is 11.6. The number of benzene rings is 2. The van der Waals surface area contributed by atoms with Gasteiger partial charge in [-0.05, 0) is 55.6 Å². The zero-order chi connectivity index (χ0) is 29.2. The van der Waals surface area contributed by atoms with Gasteiger partial charge in [-0.15, -0.1) is 0 Å². The lowest BCUT2D eigenvalue weighted by molar-refractivity contribution is 0.0911. The van der Waals surface area contributed by atoms with Gasteiger partial charge in [0.25, 0.3) is 0 Å². The van der Waals surface area contributed by atoms with Gasteiger partial charge in [0.15, 0.2) is 0 Å². The lowest BCUT2D eigenvalue weighted by Crippen LogP contribution is -2.28. The molecule has 0 unspecified atom stereocenters. The molecule has 0 aliphatic heterocycles. The molecule has 0 bridgehead atoms. The first-order valence-corrected chi connectivity index (χ1v) is 14.8. The molecule has 0 aliphatic carbocycles. The first-order valence-electron chi connectivity index (χ1n) is 14.0. The second kappa shape index (κ2) is 19.4. The average Bonchev–Trinajstić information content (AvgIpc) is 2.98. The normalized spacial score (nSPS) is 10.6. The molecule has 2 N–H and O–H groups in total. The van der Waals surface area contributed by atoms with Crippen LogP contribution in [0, 0.1) is 0 Å². The molecule has 4 aromatic rings. The lowest BCUT2D eigenvalue weighted by Gasteiger charge is -2.17. The van der Waals surface area contributed by atoms with E-state index in [-0.39, 0.29) is 0 Å². The van der Waals surface area contributed by atoms with Crippen LogP contribution < -0.4 is 10.6 Å². The molecule has 9 heteroatoms. The summed E-state index contributed by atoms with van der Waals surface area (Å²) in [5, 5.41) is 10.3. The summed E-state index contributed by atoms with van der Waals surface area (Å²) in [6, 6.07) is 15.4. The minimum Gasteiger partial charge on any atom is -0.382 e. The third kappa shape index (κ3) is 11.1. The lowest BCUT2D eigenvalue weighted by atomic mass is 10.2. The number of pyridine rings is 2. The van der Waals surface area contributed by atoms with Gasteiger partial charge < -0.3 is 25.0 Å². The van der Waals surface area contributed by atoms with E-state index in [1.54, 1.807) is 12.4 Å². The zero-order valence-corrected chi connectivity index (χ0v) is 25.9. The van der Waals surface area contributed by atoms with Crippen LogP contribution in [0.2, 0.25) is 10.0 Å². The largest absolute Gasteiger partial charge is 0.382 e. The highest BCUT2D eigenvalue weighted by Crippen LogP contribution is 2.25. The van der Waals surface area contributed by atoms with Crippen LogP contribution in [0.5, 0.6) is 0 Å². The van der Waals surface area contributed by atoms with Crippen molar-refractivity contribution in [3.63, 3.8) is 0 Å². The molecule has 40 heavy (non-hydrogen) atoms. The van der Waals surface area contributed by atoms with Gasteiger partial charge in [-0.1, -0.05) is 50.9 Å². The fourth-order valence-corrected chi connectivity index (χ4v) is 4.16. The monoisotopic (exact) mass is 587 g/mol. The zero-order valence-electron chi connectivity index (χ0n) is 24.3. The smallest absolute Gasteiger partial charge is 0.0737 e. The van der Waals surface area contributed by atoms with Gasteiger partial charge in [0, 0.05) is 70.8 Å². The molecular weight excluding hydrogens is 545 g/mol. The number of nitrogens with zero attached hydrogens (tertiary/aromatic N) is 3. The van der Waals surface area contributed by atoms with Crippen LogP contribution in [0.15, 0.2) is 60.9 Å². The number of anilines is 2. The summed E-state index contributed by atoms with van der Waals surface area (Å²) >= 11 is 12.1. The summed E-state index contributed by atoms with van der Waals surface area (Å²) in [5.74, 6) is 0. The summed E-state index contributed by atoms with van der Waals surface area (Å²) in [7, 11) is 2.08. The van der Waals surface area contributed by atoms with Crippen LogP contribution >= 0.6 is 23.2 Å². The molecular formula is C31H43Cl2N5O2. The predicted octanol–water partition coefficient (Wildman–Crippen LogP) is 7.63. The first-order chi connectivity index (χ1) is 19.6. The van der Waals surface area contributed by atoms with Gasteiger partial charge >= 0.3 is 0 Å². The highest BCUT2D eigenvalue weighted by molar-refractivity contribution is 6.31. The third-order valence-corrected chi connectivity index (χ3v) is 6.24. The van der Waals surface area contributed by atoms with Crippen molar-refractivity contribution < 1.29 is 9.47 Å². The van der Waals surface area contributed by atoms with E-state index in [2.05, 4.69) is 32.5 Å². The number of halogens is 2. The number of aromatic nitrogens is 2. The number of fused-ring (bicyclic) bond motifs is 2. The van der Waals surface area contributed by atoms with Crippen molar-refractivity contribution in [3.05, 3.63) is 71.0 Å². The SMILES string of the molecule is CC.CC.CN(CCOCCNc1ccnc2cc(Cl)ccc12)CCOCCNc1ccnc2cc(Cl)ccc12. The number of hydrogen-bond donors (Lipinski definition) is 2. The van der Waals surface area contributed by atoms with Crippen LogP contribution in [0.4, 0.5) is 11.4 Å². The van der Waals surface area contributed by atoms with Crippen LogP contribution in [0.3, 0.4) is 0 Å². The third-order valence-electron chi connectivity index (χ3n) is 5.77. The Bertz CT molecular complexity index is 1180. The Morgan fingerprint density at radius 3 is 1.50 bits per heavy atom. The van der Waals surface area contributed by atoms with Gasteiger partial charge in [-0.25, -0.2) is 0 Å². The molecule has 0 atom stereocenters. The number of rotatable bonds is 14. The second-order valence-corrected chi connectivity index (χ2v) is 9.29. The molecule has 0 fully saturated rings. The molecule has 7 nitrogen and oxygen atoms in total. The Morgan fingerprint density at radius 2 is 1.07 bits per heavy atom. The van der Waals surface area contributed by atoms with Crippen molar-refractivity contribution in [2.24, 2.45) is 0 Å². The van der Waals surface area contributed by atoms with Crippen LogP contribution in [0.25, 0.3) is 21.8 Å². The maximum absolute atomic E-state index is 6.06. The van der Waals surface area contributed by atoms with Gasteiger partial charge in [-0.3, -0.25) is 9.97 Å². The molecule has 2 aromatic heterocycles. The summed E-state index contributed by atoms with van der Waals surface area (Å²) in [6.07, 6.45) is 3.57. The fourth-order valence-electron chi connectivity index (χ4n) is 3.82. The summed E-state index contributed by atoms with van der Waals surface area (Å²) in [5.41, 5.74) is 3.82. The minimum absolute atomic E-state index is 0.628. The van der Waals surface area contributed by atoms with Crippen LogP contribution in [-0.2, 0) is 9.47 Å². The highest BCUT2D eigenvalue weighted by Gasteiger charge is 2.04. The molecule has 2 aromatic carbocycles. The second-order valence-electron chi connectivity index (χ2n) is 8.42.